The van der Waals surface area contributed by atoms with Gasteiger partial charge in [-0.25, -0.2) is 0 Å². The van der Waals surface area contributed by atoms with E-state index in [2.05, 4.69) is 0 Å². The number of rotatable bonds is 0. The first-order valence-electron chi connectivity index (χ1n) is 3.85. The van der Waals surface area contributed by atoms with Crippen LogP contribution in [0, 0.1) is 11.8 Å². The van der Waals surface area contributed by atoms with Crippen molar-refractivity contribution < 1.29 is 20.4 Å². The van der Waals surface area contributed by atoms with E-state index in [1.165, 1.54) is 0 Å². The summed E-state index contributed by atoms with van der Waals surface area (Å²) in [4.78, 5) is 0. The minimum absolute atomic E-state index is 0.329. The lowest BCUT2D eigenvalue weighted by Gasteiger charge is -2.25. The normalized spacial score (nSPS) is 62.2. The molecule has 11 heavy (non-hydrogen) atoms. The Balaban J connectivity index is 2.24. The molecule has 2 aliphatic carbocycles. The maximum atomic E-state index is 9.36. The van der Waals surface area contributed by atoms with Gasteiger partial charge in [0.1, 0.15) is 0 Å². The van der Waals surface area contributed by atoms with Crippen molar-refractivity contribution in [2.45, 2.75) is 30.8 Å². The average molecular weight is 160 g/mol. The Bertz CT molecular complexity index is 168. The van der Waals surface area contributed by atoms with Gasteiger partial charge in [-0.2, -0.15) is 0 Å². The Morgan fingerprint density at radius 2 is 1.45 bits per heavy atom. The Kier molecular flexibility index (Phi) is 1.47. The van der Waals surface area contributed by atoms with Gasteiger partial charge in [-0.05, 0) is 6.42 Å². The zero-order chi connectivity index (χ0) is 8.17. The van der Waals surface area contributed by atoms with Gasteiger partial charge >= 0.3 is 0 Å². The molecule has 0 aliphatic heterocycles. The lowest BCUT2D eigenvalue weighted by Crippen LogP contribution is -2.39. The number of hydrogen-bond donors (Lipinski definition) is 4. The second-order valence-electron chi connectivity index (χ2n) is 3.52. The topological polar surface area (TPSA) is 80.9 Å². The molecule has 2 aliphatic rings. The monoisotopic (exact) mass is 160 g/mol. The molecule has 0 heterocycles. The van der Waals surface area contributed by atoms with Gasteiger partial charge in [0, 0.05) is 11.8 Å². The summed E-state index contributed by atoms with van der Waals surface area (Å²) >= 11 is 0. The Hall–Kier alpha value is -0.160. The van der Waals surface area contributed by atoms with E-state index in [1.807, 2.05) is 0 Å². The predicted octanol–water partition coefficient (Wildman–Crippen LogP) is -1.92. The highest BCUT2D eigenvalue weighted by Gasteiger charge is 2.57. The maximum absolute atomic E-state index is 9.36. The fourth-order valence-electron chi connectivity index (χ4n) is 2.34. The molecule has 2 saturated carbocycles. The van der Waals surface area contributed by atoms with Crippen LogP contribution >= 0.6 is 0 Å². The minimum Gasteiger partial charge on any atom is -0.393 e. The van der Waals surface area contributed by atoms with E-state index in [4.69, 9.17) is 0 Å². The molecular formula is C7H12O4. The highest BCUT2D eigenvalue weighted by molar-refractivity contribution is 5.07. The highest BCUT2D eigenvalue weighted by atomic mass is 16.4. The largest absolute Gasteiger partial charge is 0.393 e. The zero-order valence-electron chi connectivity index (χ0n) is 5.96. The van der Waals surface area contributed by atoms with E-state index in [9.17, 15) is 20.4 Å². The van der Waals surface area contributed by atoms with Crippen LogP contribution in [0.25, 0.3) is 0 Å². The van der Waals surface area contributed by atoms with Gasteiger partial charge in [0.2, 0.25) is 0 Å². The third-order valence-electron chi connectivity index (χ3n) is 2.97. The lowest BCUT2D eigenvalue weighted by molar-refractivity contribution is -0.0606. The molecule has 64 valence electrons. The van der Waals surface area contributed by atoms with Crippen LogP contribution in [0.1, 0.15) is 6.42 Å². The summed E-state index contributed by atoms with van der Waals surface area (Å²) in [5.74, 6) is -0.861. The molecule has 2 fully saturated rings. The highest BCUT2D eigenvalue weighted by Crippen LogP contribution is 2.44. The summed E-state index contributed by atoms with van der Waals surface area (Å²) in [6.07, 6.45) is -2.76. The smallest absolute Gasteiger partial charge is 0.0880 e. The summed E-state index contributed by atoms with van der Waals surface area (Å²) < 4.78 is 0. The van der Waals surface area contributed by atoms with E-state index in [0.29, 0.717) is 6.42 Å². The second kappa shape index (κ2) is 2.17. The van der Waals surface area contributed by atoms with E-state index >= 15 is 0 Å². The van der Waals surface area contributed by atoms with Gasteiger partial charge in [0.25, 0.3) is 0 Å². The van der Waals surface area contributed by atoms with Crippen molar-refractivity contribution in [1.29, 1.82) is 0 Å². The Morgan fingerprint density at radius 1 is 0.818 bits per heavy atom. The average Bonchev–Trinajstić information content (AvgIpc) is 2.31. The first kappa shape index (κ1) is 7.49. The molecular weight excluding hydrogens is 148 g/mol. The molecule has 0 radical (unpaired) electrons. The van der Waals surface area contributed by atoms with Crippen LogP contribution < -0.4 is 0 Å². The van der Waals surface area contributed by atoms with Gasteiger partial charge in [0.15, 0.2) is 0 Å². The molecule has 0 spiro atoms. The molecule has 0 aromatic heterocycles. The molecule has 2 bridgehead atoms. The first-order chi connectivity index (χ1) is 5.13. The zero-order valence-corrected chi connectivity index (χ0v) is 5.96. The summed E-state index contributed by atoms with van der Waals surface area (Å²) in [7, 11) is 0. The van der Waals surface area contributed by atoms with Crippen LogP contribution in [0.3, 0.4) is 0 Å². The number of aliphatic hydroxyl groups excluding tert-OH is 4. The van der Waals surface area contributed by atoms with Crippen molar-refractivity contribution >= 4 is 0 Å². The summed E-state index contributed by atoms with van der Waals surface area (Å²) in [5, 5.41) is 37.1. The summed E-state index contributed by atoms with van der Waals surface area (Å²) in [6.45, 7) is 0. The molecule has 6 atom stereocenters. The van der Waals surface area contributed by atoms with E-state index in [1.54, 1.807) is 0 Å². The minimum atomic E-state index is -0.946. The molecule has 4 nitrogen and oxygen atoms in total. The van der Waals surface area contributed by atoms with Crippen LogP contribution in [-0.4, -0.2) is 44.8 Å². The molecule has 0 aromatic carbocycles. The van der Waals surface area contributed by atoms with Crippen molar-refractivity contribution in [3.63, 3.8) is 0 Å². The van der Waals surface area contributed by atoms with Crippen LogP contribution in [0.4, 0.5) is 0 Å². The molecule has 4 heteroatoms. The fraction of sp³-hybridized carbons (Fsp3) is 1.00. The summed E-state index contributed by atoms with van der Waals surface area (Å²) in [5.41, 5.74) is 0. The van der Waals surface area contributed by atoms with E-state index in [0.717, 1.165) is 0 Å². The van der Waals surface area contributed by atoms with Gasteiger partial charge < -0.3 is 20.4 Å². The second-order valence-corrected chi connectivity index (χ2v) is 3.52. The fourth-order valence-corrected chi connectivity index (χ4v) is 2.34. The van der Waals surface area contributed by atoms with Crippen molar-refractivity contribution in [3.8, 4) is 0 Å². The number of fused-ring (bicyclic) bond motifs is 2. The third kappa shape index (κ3) is 0.780. The van der Waals surface area contributed by atoms with Gasteiger partial charge in [-0.1, -0.05) is 0 Å². The van der Waals surface area contributed by atoms with Crippen LogP contribution in [0.15, 0.2) is 0 Å². The van der Waals surface area contributed by atoms with Crippen molar-refractivity contribution in [3.05, 3.63) is 0 Å². The van der Waals surface area contributed by atoms with Gasteiger partial charge in [-0.15, -0.1) is 0 Å². The molecule has 2 rings (SSSR count). The Morgan fingerprint density at radius 3 is 1.82 bits per heavy atom. The number of aliphatic hydroxyl groups is 4. The maximum Gasteiger partial charge on any atom is 0.0880 e. The predicted molar refractivity (Wildman–Crippen MR) is 35.6 cm³/mol. The third-order valence-corrected chi connectivity index (χ3v) is 2.97. The van der Waals surface area contributed by atoms with Crippen LogP contribution in [-0.2, 0) is 0 Å². The molecule has 4 N–H and O–H groups in total. The van der Waals surface area contributed by atoms with Gasteiger partial charge in [-0.3, -0.25) is 0 Å². The standard InChI is InChI=1S/C7H12O4/c8-3-1-2-5(9)4(3)7(11)6(2)10/h2-11H,1H2/t2-,3-,4+,5+,6+,7+/m0/s1. The van der Waals surface area contributed by atoms with Gasteiger partial charge in [0.05, 0.1) is 24.4 Å². The van der Waals surface area contributed by atoms with Crippen molar-refractivity contribution in [1.82, 2.24) is 0 Å². The van der Waals surface area contributed by atoms with E-state index in [-0.39, 0.29) is 5.92 Å². The number of hydrogen-bond acceptors (Lipinski definition) is 4. The van der Waals surface area contributed by atoms with E-state index < -0.39 is 30.3 Å². The molecule has 0 saturated heterocycles. The summed E-state index contributed by atoms with van der Waals surface area (Å²) in [6, 6.07) is 0. The SMILES string of the molecule is O[C@@H]1[C@@H]2C[C@H](O)[C@H]1[C@@H](O)[C@@H]2O. The van der Waals surface area contributed by atoms with Crippen LogP contribution in [0.2, 0.25) is 0 Å². The lowest BCUT2D eigenvalue weighted by atomic mass is 9.93. The quantitative estimate of drug-likeness (QED) is 0.333. The molecule has 0 aromatic rings. The van der Waals surface area contributed by atoms with Crippen molar-refractivity contribution in [2.24, 2.45) is 11.8 Å². The van der Waals surface area contributed by atoms with Crippen LogP contribution in [0.5, 0.6) is 0 Å². The molecule has 0 amide bonds. The molecule has 0 unspecified atom stereocenters. The van der Waals surface area contributed by atoms with Crippen molar-refractivity contribution in [2.75, 3.05) is 0 Å². The first-order valence-corrected chi connectivity index (χ1v) is 3.85. The Labute approximate surface area is 64.1 Å².